The Kier molecular flexibility index (Phi) is 6.12. The Morgan fingerprint density at radius 2 is 1.63 bits per heavy atom. The topological polar surface area (TPSA) is 75.7 Å². The molecule has 6 nitrogen and oxygen atoms in total. The molecule has 0 aliphatic carbocycles. The zero-order valence-electron chi connectivity index (χ0n) is 17.3. The van der Waals surface area contributed by atoms with Gasteiger partial charge >= 0.3 is 0 Å². The number of amides is 1. The maximum absolute atomic E-state index is 13.2. The van der Waals surface area contributed by atoms with Crippen LogP contribution in [-0.2, 0) is 10.0 Å². The summed E-state index contributed by atoms with van der Waals surface area (Å²) in [5.41, 5.74) is 3.11. The summed E-state index contributed by atoms with van der Waals surface area (Å²) in [6.07, 6.45) is 0. The lowest BCUT2D eigenvalue weighted by molar-refractivity contribution is 0.102. The lowest BCUT2D eigenvalue weighted by atomic mass is 10.1. The van der Waals surface area contributed by atoms with Gasteiger partial charge in [0.05, 0.1) is 17.7 Å². The number of benzene rings is 3. The second kappa shape index (κ2) is 8.59. The zero-order chi connectivity index (χ0) is 21.9. The van der Waals surface area contributed by atoms with E-state index in [2.05, 4.69) is 5.32 Å². The number of aryl methyl sites for hydroxylation is 2. The molecule has 0 saturated carbocycles. The Morgan fingerprint density at radius 3 is 2.30 bits per heavy atom. The molecule has 0 aromatic heterocycles. The Bertz CT molecular complexity index is 1170. The summed E-state index contributed by atoms with van der Waals surface area (Å²) in [4.78, 5) is 12.8. The number of nitrogens with zero attached hydrogens (tertiary/aromatic N) is 1. The van der Waals surface area contributed by atoms with E-state index in [1.54, 1.807) is 49.4 Å². The van der Waals surface area contributed by atoms with Crippen LogP contribution < -0.4 is 14.4 Å². The molecule has 0 atom stereocenters. The van der Waals surface area contributed by atoms with Gasteiger partial charge in [-0.3, -0.25) is 9.10 Å². The largest absolute Gasteiger partial charge is 0.495 e. The van der Waals surface area contributed by atoms with Crippen LogP contribution in [0.4, 0.5) is 11.4 Å². The minimum atomic E-state index is -3.90. The SMILES string of the molecule is COc1ccccc1N(C)S(=O)(=O)c1ccc(C)c(C(=O)Nc2ccc(C)cc2)c1. The van der Waals surface area contributed by atoms with Gasteiger partial charge in [0.1, 0.15) is 5.75 Å². The van der Waals surface area contributed by atoms with Crippen LogP contribution >= 0.6 is 0 Å². The molecule has 1 amide bonds. The number of carbonyl (C=O) groups excluding carboxylic acids is 1. The molecule has 0 aliphatic heterocycles. The van der Waals surface area contributed by atoms with E-state index in [0.717, 1.165) is 9.87 Å². The summed E-state index contributed by atoms with van der Waals surface area (Å²) >= 11 is 0. The predicted octanol–water partition coefficient (Wildman–Crippen LogP) is 4.39. The molecule has 30 heavy (non-hydrogen) atoms. The molecule has 156 valence electrons. The van der Waals surface area contributed by atoms with E-state index >= 15 is 0 Å². The van der Waals surface area contributed by atoms with Crippen molar-refractivity contribution in [2.75, 3.05) is 23.8 Å². The number of para-hydroxylation sites is 2. The van der Waals surface area contributed by atoms with E-state index in [0.29, 0.717) is 28.3 Å². The van der Waals surface area contributed by atoms with Gasteiger partial charge < -0.3 is 10.1 Å². The van der Waals surface area contributed by atoms with E-state index in [1.165, 1.54) is 26.3 Å². The number of ether oxygens (including phenoxy) is 1. The molecule has 0 aliphatic rings. The van der Waals surface area contributed by atoms with Crippen molar-refractivity contribution in [3.63, 3.8) is 0 Å². The van der Waals surface area contributed by atoms with Crippen LogP contribution in [0.15, 0.2) is 71.6 Å². The smallest absolute Gasteiger partial charge is 0.264 e. The monoisotopic (exact) mass is 424 g/mol. The van der Waals surface area contributed by atoms with Crippen molar-refractivity contribution >= 4 is 27.3 Å². The maximum atomic E-state index is 13.2. The molecule has 0 spiro atoms. The molecular weight excluding hydrogens is 400 g/mol. The van der Waals surface area contributed by atoms with Crippen LogP contribution in [0.3, 0.4) is 0 Å². The average Bonchev–Trinajstić information content (AvgIpc) is 2.74. The van der Waals surface area contributed by atoms with Gasteiger partial charge in [0.25, 0.3) is 15.9 Å². The van der Waals surface area contributed by atoms with Gasteiger partial charge in [-0.15, -0.1) is 0 Å². The first kappa shape index (κ1) is 21.4. The molecule has 0 heterocycles. The molecule has 0 bridgehead atoms. The van der Waals surface area contributed by atoms with Gasteiger partial charge in [0, 0.05) is 18.3 Å². The van der Waals surface area contributed by atoms with E-state index < -0.39 is 10.0 Å². The first-order valence-electron chi connectivity index (χ1n) is 9.34. The summed E-state index contributed by atoms with van der Waals surface area (Å²) in [5.74, 6) is 0.0707. The third kappa shape index (κ3) is 4.31. The molecule has 0 radical (unpaired) electrons. The quantitative estimate of drug-likeness (QED) is 0.637. The van der Waals surface area contributed by atoms with Gasteiger partial charge in [0.2, 0.25) is 0 Å². The Morgan fingerprint density at radius 1 is 0.967 bits per heavy atom. The van der Waals surface area contributed by atoms with E-state index in [-0.39, 0.29) is 10.8 Å². The highest BCUT2D eigenvalue weighted by Gasteiger charge is 2.25. The minimum Gasteiger partial charge on any atom is -0.495 e. The highest BCUT2D eigenvalue weighted by Crippen LogP contribution is 2.31. The van der Waals surface area contributed by atoms with Crippen molar-refractivity contribution in [1.82, 2.24) is 0 Å². The third-order valence-electron chi connectivity index (χ3n) is 4.85. The predicted molar refractivity (Wildman–Crippen MR) is 119 cm³/mol. The molecule has 3 aromatic rings. The number of hydrogen-bond acceptors (Lipinski definition) is 4. The number of anilines is 2. The van der Waals surface area contributed by atoms with Crippen LogP contribution in [0.2, 0.25) is 0 Å². The molecule has 0 unspecified atom stereocenters. The molecule has 1 N–H and O–H groups in total. The molecular formula is C23H24N2O4S. The number of carbonyl (C=O) groups is 1. The summed E-state index contributed by atoms with van der Waals surface area (Å²) in [6, 6.07) is 18.8. The van der Waals surface area contributed by atoms with Crippen LogP contribution in [0.25, 0.3) is 0 Å². The van der Waals surface area contributed by atoms with Crippen molar-refractivity contribution in [2.45, 2.75) is 18.7 Å². The van der Waals surface area contributed by atoms with Gasteiger partial charge in [-0.05, 0) is 55.8 Å². The van der Waals surface area contributed by atoms with Crippen LogP contribution in [0.1, 0.15) is 21.5 Å². The van der Waals surface area contributed by atoms with Crippen molar-refractivity contribution in [2.24, 2.45) is 0 Å². The molecule has 0 fully saturated rings. The highest BCUT2D eigenvalue weighted by molar-refractivity contribution is 7.92. The Hall–Kier alpha value is -3.32. The maximum Gasteiger partial charge on any atom is 0.264 e. The Balaban J connectivity index is 1.95. The normalized spacial score (nSPS) is 11.1. The molecule has 3 aromatic carbocycles. The van der Waals surface area contributed by atoms with Crippen molar-refractivity contribution in [1.29, 1.82) is 0 Å². The van der Waals surface area contributed by atoms with Gasteiger partial charge in [0.15, 0.2) is 0 Å². The van der Waals surface area contributed by atoms with E-state index in [9.17, 15) is 13.2 Å². The first-order valence-corrected chi connectivity index (χ1v) is 10.8. The number of rotatable bonds is 6. The number of sulfonamides is 1. The lowest BCUT2D eigenvalue weighted by Gasteiger charge is -2.22. The first-order chi connectivity index (χ1) is 14.2. The van der Waals surface area contributed by atoms with Gasteiger partial charge in [-0.2, -0.15) is 0 Å². The number of nitrogens with one attached hydrogen (secondary N) is 1. The summed E-state index contributed by atoms with van der Waals surface area (Å²) < 4.78 is 32.9. The zero-order valence-corrected chi connectivity index (χ0v) is 18.2. The number of methoxy groups -OCH3 is 1. The number of hydrogen-bond donors (Lipinski definition) is 1. The van der Waals surface area contributed by atoms with Crippen LogP contribution in [0.5, 0.6) is 5.75 Å². The van der Waals surface area contributed by atoms with Crippen molar-refractivity contribution in [3.8, 4) is 5.75 Å². The van der Waals surface area contributed by atoms with Gasteiger partial charge in [-0.25, -0.2) is 8.42 Å². The fourth-order valence-corrected chi connectivity index (χ4v) is 4.25. The fraction of sp³-hybridized carbons (Fsp3) is 0.174. The van der Waals surface area contributed by atoms with Crippen LogP contribution in [0, 0.1) is 13.8 Å². The molecule has 7 heteroatoms. The van der Waals surface area contributed by atoms with E-state index in [4.69, 9.17) is 4.74 Å². The second-order valence-electron chi connectivity index (χ2n) is 6.94. The van der Waals surface area contributed by atoms with Crippen molar-refractivity contribution < 1.29 is 17.9 Å². The van der Waals surface area contributed by atoms with Crippen molar-refractivity contribution in [3.05, 3.63) is 83.4 Å². The summed E-state index contributed by atoms with van der Waals surface area (Å²) in [6.45, 7) is 3.73. The lowest BCUT2D eigenvalue weighted by Crippen LogP contribution is -2.27. The second-order valence-corrected chi connectivity index (χ2v) is 8.91. The summed E-state index contributed by atoms with van der Waals surface area (Å²) in [7, 11) is -0.960. The molecule has 3 rings (SSSR count). The van der Waals surface area contributed by atoms with E-state index in [1.807, 2.05) is 19.1 Å². The highest BCUT2D eigenvalue weighted by atomic mass is 32.2. The Labute approximate surface area is 177 Å². The third-order valence-corrected chi connectivity index (χ3v) is 6.61. The average molecular weight is 425 g/mol. The minimum absolute atomic E-state index is 0.0237. The van der Waals surface area contributed by atoms with Gasteiger partial charge in [-0.1, -0.05) is 35.9 Å². The molecule has 0 saturated heterocycles. The van der Waals surface area contributed by atoms with Crippen LogP contribution in [-0.4, -0.2) is 28.5 Å². The summed E-state index contributed by atoms with van der Waals surface area (Å²) in [5, 5.41) is 2.82. The standard InChI is InChI=1S/C23H24N2O4S/c1-16-9-12-18(13-10-16)24-23(26)20-15-19(14-11-17(20)2)30(27,28)25(3)21-7-5-6-8-22(21)29-4/h5-15H,1-4H3,(H,24,26). The fourth-order valence-electron chi connectivity index (χ4n) is 3.02.